The molecule has 0 aliphatic rings. The zero-order valence-corrected chi connectivity index (χ0v) is 16.0. The topological polar surface area (TPSA) is 77.0 Å². The predicted molar refractivity (Wildman–Crippen MR) is 98.2 cm³/mol. The Bertz CT molecular complexity index is 433. The van der Waals surface area contributed by atoms with Crippen molar-refractivity contribution in [2.45, 2.75) is 53.6 Å². The van der Waals surface area contributed by atoms with E-state index >= 15 is 0 Å². The summed E-state index contributed by atoms with van der Waals surface area (Å²) in [6.45, 7) is 11.3. The fraction of sp³-hybridized carbons (Fsp3) is 0.632. The van der Waals surface area contributed by atoms with Crippen LogP contribution in [0.15, 0.2) is 30.3 Å². The first-order valence-corrected chi connectivity index (χ1v) is 8.75. The molecule has 1 aromatic carbocycles. The second kappa shape index (κ2) is 14.7. The van der Waals surface area contributed by atoms with Crippen molar-refractivity contribution in [1.29, 1.82) is 0 Å². The van der Waals surface area contributed by atoms with Gasteiger partial charge in [0.15, 0.2) is 6.29 Å². The molecular weight excluding hydrogens is 322 g/mol. The van der Waals surface area contributed by atoms with Gasteiger partial charge < -0.3 is 24.6 Å². The summed E-state index contributed by atoms with van der Waals surface area (Å²) in [6, 6.07) is 9.20. The van der Waals surface area contributed by atoms with Crippen LogP contribution in [0.4, 0.5) is 4.79 Å². The van der Waals surface area contributed by atoms with Crippen LogP contribution < -0.4 is 5.32 Å². The van der Waals surface area contributed by atoms with E-state index in [-0.39, 0.29) is 31.5 Å². The number of hydrogen-bond donors (Lipinski definition) is 2. The van der Waals surface area contributed by atoms with Crippen molar-refractivity contribution in [3.63, 3.8) is 0 Å². The lowest BCUT2D eigenvalue weighted by atomic mass is 10.1. The summed E-state index contributed by atoms with van der Waals surface area (Å²) in [5, 5.41) is 11.7. The lowest BCUT2D eigenvalue weighted by molar-refractivity contribution is -0.123. The van der Waals surface area contributed by atoms with Crippen LogP contribution in [-0.2, 0) is 20.8 Å². The fourth-order valence-electron chi connectivity index (χ4n) is 1.86. The maximum Gasteiger partial charge on any atom is 0.407 e. The minimum Gasteiger partial charge on any atom is -0.445 e. The molecule has 0 spiro atoms. The fourth-order valence-corrected chi connectivity index (χ4v) is 1.86. The third kappa shape index (κ3) is 12.4. The van der Waals surface area contributed by atoms with Gasteiger partial charge in [0.05, 0.1) is 12.6 Å². The van der Waals surface area contributed by atoms with Crippen molar-refractivity contribution in [1.82, 2.24) is 5.32 Å². The van der Waals surface area contributed by atoms with E-state index in [1.807, 2.05) is 65.0 Å². The first-order chi connectivity index (χ1) is 11.9. The predicted octanol–water partition coefficient (Wildman–Crippen LogP) is 3.34. The molecule has 0 heterocycles. The lowest BCUT2D eigenvalue weighted by Crippen LogP contribution is -2.41. The molecule has 0 radical (unpaired) electrons. The molecule has 0 aliphatic heterocycles. The lowest BCUT2D eigenvalue weighted by Gasteiger charge is -2.19. The molecule has 0 unspecified atom stereocenters. The number of aliphatic hydroxyl groups excluding tert-OH is 1. The second-order valence-corrected chi connectivity index (χ2v) is 5.72. The Morgan fingerprint density at radius 2 is 1.64 bits per heavy atom. The number of nitrogens with one attached hydrogen (secondary N) is 1. The zero-order chi connectivity index (χ0) is 19.1. The van der Waals surface area contributed by atoms with Crippen molar-refractivity contribution in [2.75, 3.05) is 19.8 Å². The summed E-state index contributed by atoms with van der Waals surface area (Å²) in [6.07, 6.45) is -0.536. The average molecular weight is 355 g/mol. The number of ether oxygens (including phenoxy) is 3. The first kappa shape index (κ1) is 23.4. The average Bonchev–Trinajstić information content (AvgIpc) is 2.59. The van der Waals surface area contributed by atoms with Gasteiger partial charge in [-0.2, -0.15) is 0 Å². The standard InChI is InChI=1S/C13H19NO3.C6H14O2/c1-10(2)12(8-15)14-13(16)17-9-11-6-4-3-5-7-11;1-4-7-6(3)8-5-2/h3-7,10,12,15H,8-9H2,1-2H3,(H,14,16);6H,4-5H2,1-3H3/t12-;/m1./s1. The van der Waals surface area contributed by atoms with E-state index in [0.29, 0.717) is 0 Å². The normalized spacial score (nSPS) is 11.7. The highest BCUT2D eigenvalue weighted by Crippen LogP contribution is 2.03. The van der Waals surface area contributed by atoms with Gasteiger partial charge in [-0.25, -0.2) is 4.79 Å². The van der Waals surface area contributed by atoms with Crippen molar-refractivity contribution >= 4 is 6.09 Å². The van der Waals surface area contributed by atoms with Gasteiger partial charge in [-0.15, -0.1) is 0 Å². The van der Waals surface area contributed by atoms with E-state index < -0.39 is 6.09 Å². The van der Waals surface area contributed by atoms with Crippen LogP contribution in [0.25, 0.3) is 0 Å². The van der Waals surface area contributed by atoms with Crippen LogP contribution >= 0.6 is 0 Å². The van der Waals surface area contributed by atoms with E-state index in [2.05, 4.69) is 5.32 Å². The molecule has 0 saturated heterocycles. The smallest absolute Gasteiger partial charge is 0.407 e. The Labute approximate surface area is 151 Å². The van der Waals surface area contributed by atoms with E-state index in [9.17, 15) is 4.79 Å². The number of hydrogen-bond acceptors (Lipinski definition) is 5. The summed E-state index contributed by atoms with van der Waals surface area (Å²) in [5.74, 6) is 0.171. The van der Waals surface area contributed by atoms with E-state index in [4.69, 9.17) is 19.3 Å². The molecule has 6 nitrogen and oxygen atoms in total. The Morgan fingerprint density at radius 3 is 2.08 bits per heavy atom. The molecule has 2 N–H and O–H groups in total. The highest BCUT2D eigenvalue weighted by Gasteiger charge is 2.15. The van der Waals surface area contributed by atoms with Gasteiger partial charge in [-0.05, 0) is 32.3 Å². The van der Waals surface area contributed by atoms with Crippen molar-refractivity contribution in [2.24, 2.45) is 5.92 Å². The van der Waals surface area contributed by atoms with Crippen molar-refractivity contribution in [3.8, 4) is 0 Å². The molecular formula is C19H33NO5. The summed E-state index contributed by atoms with van der Waals surface area (Å²) < 4.78 is 15.2. The third-order valence-corrected chi connectivity index (χ3v) is 3.32. The molecule has 0 bridgehead atoms. The Hall–Kier alpha value is -1.63. The van der Waals surface area contributed by atoms with Gasteiger partial charge in [-0.3, -0.25) is 0 Å². The highest BCUT2D eigenvalue weighted by atomic mass is 16.7. The number of rotatable bonds is 9. The van der Waals surface area contributed by atoms with Gasteiger partial charge in [0.1, 0.15) is 6.61 Å². The third-order valence-electron chi connectivity index (χ3n) is 3.32. The quantitative estimate of drug-likeness (QED) is 0.665. The summed E-state index contributed by atoms with van der Waals surface area (Å²) in [4.78, 5) is 11.4. The van der Waals surface area contributed by atoms with Crippen LogP contribution in [-0.4, -0.2) is 43.4 Å². The summed E-state index contributed by atoms with van der Waals surface area (Å²) in [7, 11) is 0. The molecule has 1 amide bonds. The molecule has 1 aromatic rings. The van der Waals surface area contributed by atoms with Crippen LogP contribution in [0.2, 0.25) is 0 Å². The molecule has 0 aliphatic carbocycles. The number of amides is 1. The van der Waals surface area contributed by atoms with Gasteiger partial charge in [-0.1, -0.05) is 44.2 Å². The van der Waals surface area contributed by atoms with E-state index in [0.717, 1.165) is 18.8 Å². The van der Waals surface area contributed by atoms with Crippen molar-refractivity contribution in [3.05, 3.63) is 35.9 Å². The van der Waals surface area contributed by atoms with Crippen LogP contribution in [0, 0.1) is 5.92 Å². The van der Waals surface area contributed by atoms with Crippen molar-refractivity contribution < 1.29 is 24.1 Å². The zero-order valence-electron chi connectivity index (χ0n) is 16.0. The van der Waals surface area contributed by atoms with Crippen LogP contribution in [0.1, 0.15) is 40.2 Å². The van der Waals surface area contributed by atoms with Gasteiger partial charge in [0, 0.05) is 13.2 Å². The number of benzene rings is 1. The molecule has 1 atom stereocenters. The number of alkyl carbamates (subject to hydrolysis) is 1. The number of carbonyl (C=O) groups excluding carboxylic acids is 1. The molecule has 25 heavy (non-hydrogen) atoms. The van der Waals surface area contributed by atoms with Crippen LogP contribution in [0.3, 0.4) is 0 Å². The molecule has 1 rings (SSSR count). The van der Waals surface area contributed by atoms with Gasteiger partial charge >= 0.3 is 6.09 Å². The molecule has 6 heteroatoms. The minimum absolute atomic E-state index is 0.0370. The molecule has 0 fully saturated rings. The summed E-state index contributed by atoms with van der Waals surface area (Å²) >= 11 is 0. The first-order valence-electron chi connectivity index (χ1n) is 8.75. The molecule has 0 saturated carbocycles. The highest BCUT2D eigenvalue weighted by molar-refractivity contribution is 5.67. The Morgan fingerprint density at radius 1 is 1.08 bits per heavy atom. The molecule has 144 valence electrons. The second-order valence-electron chi connectivity index (χ2n) is 5.72. The number of aliphatic hydroxyl groups is 1. The Balaban J connectivity index is 0.000000609. The molecule has 0 aromatic heterocycles. The summed E-state index contributed by atoms with van der Waals surface area (Å²) in [5.41, 5.74) is 0.938. The SMILES string of the molecule is CC(C)[C@@H](CO)NC(=O)OCc1ccccc1.CCOC(C)OCC. The van der Waals surface area contributed by atoms with Gasteiger partial charge in [0.25, 0.3) is 0 Å². The van der Waals surface area contributed by atoms with Gasteiger partial charge in [0.2, 0.25) is 0 Å². The Kier molecular flexibility index (Phi) is 13.7. The van der Waals surface area contributed by atoms with E-state index in [1.165, 1.54) is 0 Å². The van der Waals surface area contributed by atoms with Crippen LogP contribution in [0.5, 0.6) is 0 Å². The maximum absolute atomic E-state index is 11.4. The van der Waals surface area contributed by atoms with E-state index in [1.54, 1.807) is 0 Å². The minimum atomic E-state index is -0.499. The monoisotopic (exact) mass is 355 g/mol. The largest absolute Gasteiger partial charge is 0.445 e. The number of carbonyl (C=O) groups is 1. The maximum atomic E-state index is 11.4.